The normalized spacial score (nSPS) is 10.9. The van der Waals surface area contributed by atoms with Crippen LogP contribution in [0, 0.1) is 0 Å². The standard InChI is InChI=1S/C19H21Br2ClN4O/c1-3-26(4-2)15-7-5-13(6-8-15)11-24-25-18(27)12-23-19-16(20)9-14(22)10-17(19)21/h5-11,23H,3-4,12H2,1-2H3,(H,25,27). The van der Waals surface area contributed by atoms with E-state index in [2.05, 4.69) is 66.5 Å². The second-order valence-corrected chi connectivity index (χ2v) is 7.80. The fourth-order valence-corrected chi connectivity index (χ4v) is 4.41. The first-order valence-corrected chi connectivity index (χ1v) is 10.5. The molecular formula is C19H21Br2ClN4O. The zero-order valence-electron chi connectivity index (χ0n) is 15.1. The lowest BCUT2D eigenvalue weighted by molar-refractivity contribution is -0.119. The first-order chi connectivity index (χ1) is 12.9. The molecule has 0 aliphatic rings. The SMILES string of the molecule is CCN(CC)c1ccc(C=NNC(=O)CNc2c(Br)cc(Cl)cc2Br)cc1. The minimum atomic E-state index is -0.250. The third kappa shape index (κ3) is 6.52. The fourth-order valence-electron chi connectivity index (χ4n) is 2.46. The van der Waals surface area contributed by atoms with Crippen molar-refractivity contribution in [3.63, 3.8) is 0 Å². The second kappa shape index (κ2) is 10.7. The summed E-state index contributed by atoms with van der Waals surface area (Å²) in [6, 6.07) is 11.6. The van der Waals surface area contributed by atoms with Gasteiger partial charge in [0.05, 0.1) is 18.4 Å². The van der Waals surface area contributed by atoms with Gasteiger partial charge in [-0.3, -0.25) is 4.79 Å². The summed E-state index contributed by atoms with van der Waals surface area (Å²) in [6.45, 7) is 6.27. The average molecular weight is 517 g/mol. The van der Waals surface area contributed by atoms with E-state index in [1.807, 2.05) is 24.3 Å². The van der Waals surface area contributed by atoms with Crippen LogP contribution in [0.15, 0.2) is 50.4 Å². The third-order valence-corrected chi connectivity index (χ3v) is 5.33. The van der Waals surface area contributed by atoms with Crippen molar-refractivity contribution in [3.05, 3.63) is 55.9 Å². The Morgan fingerprint density at radius 1 is 1.15 bits per heavy atom. The van der Waals surface area contributed by atoms with Gasteiger partial charge in [0.2, 0.25) is 0 Å². The first kappa shape index (κ1) is 21.7. The van der Waals surface area contributed by atoms with Gasteiger partial charge in [-0.1, -0.05) is 23.7 Å². The molecule has 0 atom stereocenters. The van der Waals surface area contributed by atoms with Crippen LogP contribution in [0.1, 0.15) is 19.4 Å². The van der Waals surface area contributed by atoms with Crippen LogP contribution in [0.4, 0.5) is 11.4 Å². The summed E-state index contributed by atoms with van der Waals surface area (Å²) in [4.78, 5) is 14.2. The number of rotatable bonds is 8. The summed E-state index contributed by atoms with van der Waals surface area (Å²) in [5.74, 6) is -0.250. The van der Waals surface area contributed by atoms with E-state index < -0.39 is 0 Å². The van der Waals surface area contributed by atoms with Gasteiger partial charge in [0, 0.05) is 32.7 Å². The van der Waals surface area contributed by atoms with Crippen LogP contribution >= 0.6 is 43.5 Å². The zero-order chi connectivity index (χ0) is 19.8. The third-order valence-electron chi connectivity index (χ3n) is 3.86. The molecule has 0 heterocycles. The molecule has 0 saturated heterocycles. The van der Waals surface area contributed by atoms with Gasteiger partial charge < -0.3 is 10.2 Å². The minimum Gasteiger partial charge on any atom is -0.374 e. The van der Waals surface area contributed by atoms with Crippen LogP contribution in [-0.2, 0) is 4.79 Å². The number of benzene rings is 2. The Morgan fingerprint density at radius 2 is 1.74 bits per heavy atom. The van der Waals surface area contributed by atoms with Crippen LogP contribution in [-0.4, -0.2) is 31.8 Å². The number of anilines is 2. The van der Waals surface area contributed by atoms with Gasteiger partial charge in [-0.05, 0) is 75.5 Å². The van der Waals surface area contributed by atoms with E-state index in [0.717, 1.165) is 33.3 Å². The number of carbonyl (C=O) groups is 1. The maximum absolute atomic E-state index is 12.0. The molecule has 0 fully saturated rings. The molecule has 2 aromatic carbocycles. The molecule has 0 spiro atoms. The Labute approximate surface area is 181 Å². The van der Waals surface area contributed by atoms with E-state index in [9.17, 15) is 4.79 Å². The molecule has 144 valence electrons. The molecule has 5 nitrogen and oxygen atoms in total. The maximum Gasteiger partial charge on any atom is 0.259 e. The molecule has 2 rings (SSSR count). The highest BCUT2D eigenvalue weighted by Crippen LogP contribution is 2.33. The van der Waals surface area contributed by atoms with Gasteiger partial charge in [0.25, 0.3) is 5.91 Å². The zero-order valence-corrected chi connectivity index (χ0v) is 19.0. The molecule has 0 saturated carbocycles. The lowest BCUT2D eigenvalue weighted by Gasteiger charge is -2.20. The van der Waals surface area contributed by atoms with Gasteiger partial charge in [0.1, 0.15) is 0 Å². The molecule has 0 aromatic heterocycles. The molecule has 0 unspecified atom stereocenters. The van der Waals surface area contributed by atoms with E-state index >= 15 is 0 Å². The highest BCUT2D eigenvalue weighted by atomic mass is 79.9. The lowest BCUT2D eigenvalue weighted by atomic mass is 10.2. The Morgan fingerprint density at radius 3 is 2.30 bits per heavy atom. The number of nitrogens with one attached hydrogen (secondary N) is 2. The Kier molecular flexibility index (Phi) is 8.60. The quantitative estimate of drug-likeness (QED) is 0.371. The summed E-state index contributed by atoms with van der Waals surface area (Å²) < 4.78 is 1.54. The number of hydrazone groups is 1. The average Bonchev–Trinajstić information content (AvgIpc) is 2.63. The van der Waals surface area contributed by atoms with E-state index in [1.165, 1.54) is 5.69 Å². The van der Waals surface area contributed by atoms with Crippen LogP contribution in [0.5, 0.6) is 0 Å². The smallest absolute Gasteiger partial charge is 0.259 e. The Hall–Kier alpha value is -1.57. The second-order valence-electron chi connectivity index (χ2n) is 5.65. The molecule has 1 amide bonds. The van der Waals surface area contributed by atoms with Crippen LogP contribution in [0.2, 0.25) is 5.02 Å². The first-order valence-electron chi connectivity index (χ1n) is 8.50. The van der Waals surface area contributed by atoms with Gasteiger partial charge in [-0.25, -0.2) is 5.43 Å². The number of hydrogen-bond acceptors (Lipinski definition) is 4. The number of halogens is 3. The fraction of sp³-hybridized carbons (Fsp3) is 0.263. The van der Waals surface area contributed by atoms with Gasteiger partial charge in [-0.15, -0.1) is 0 Å². The molecular weight excluding hydrogens is 495 g/mol. The van der Waals surface area contributed by atoms with E-state index in [-0.39, 0.29) is 12.5 Å². The molecule has 8 heteroatoms. The van der Waals surface area contributed by atoms with Gasteiger partial charge >= 0.3 is 0 Å². The van der Waals surface area contributed by atoms with Gasteiger partial charge in [0.15, 0.2) is 0 Å². The highest BCUT2D eigenvalue weighted by molar-refractivity contribution is 9.11. The van der Waals surface area contributed by atoms with Crippen molar-refractivity contribution < 1.29 is 4.79 Å². The number of carbonyl (C=O) groups excluding carboxylic acids is 1. The minimum absolute atomic E-state index is 0.0804. The molecule has 0 radical (unpaired) electrons. The van der Waals surface area contributed by atoms with Crippen LogP contribution < -0.4 is 15.6 Å². The molecule has 0 aliphatic heterocycles. The summed E-state index contributed by atoms with van der Waals surface area (Å²) in [7, 11) is 0. The molecule has 0 bridgehead atoms. The number of hydrogen-bond donors (Lipinski definition) is 2. The van der Waals surface area contributed by atoms with Crippen molar-refractivity contribution in [1.82, 2.24) is 5.43 Å². The molecule has 2 N–H and O–H groups in total. The summed E-state index contributed by atoms with van der Waals surface area (Å²) in [5, 5.41) is 7.65. The topological polar surface area (TPSA) is 56.7 Å². The van der Waals surface area contributed by atoms with E-state index in [0.29, 0.717) is 5.02 Å². The highest BCUT2D eigenvalue weighted by Gasteiger charge is 2.08. The molecule has 27 heavy (non-hydrogen) atoms. The summed E-state index contributed by atoms with van der Waals surface area (Å²) in [6.07, 6.45) is 1.62. The van der Waals surface area contributed by atoms with Crippen molar-refractivity contribution in [2.45, 2.75) is 13.8 Å². The largest absolute Gasteiger partial charge is 0.374 e. The molecule has 0 aliphatic carbocycles. The monoisotopic (exact) mass is 514 g/mol. The predicted molar refractivity (Wildman–Crippen MR) is 121 cm³/mol. The van der Waals surface area contributed by atoms with Crippen LogP contribution in [0.25, 0.3) is 0 Å². The van der Waals surface area contributed by atoms with Crippen molar-refractivity contribution in [2.75, 3.05) is 29.9 Å². The van der Waals surface area contributed by atoms with Crippen molar-refractivity contribution in [2.24, 2.45) is 5.10 Å². The van der Waals surface area contributed by atoms with E-state index in [1.54, 1.807) is 18.3 Å². The summed E-state index contributed by atoms with van der Waals surface area (Å²) in [5.41, 5.74) is 5.36. The summed E-state index contributed by atoms with van der Waals surface area (Å²) >= 11 is 12.8. The van der Waals surface area contributed by atoms with Crippen LogP contribution in [0.3, 0.4) is 0 Å². The number of amides is 1. The predicted octanol–water partition coefficient (Wildman–Crippen LogP) is 5.27. The van der Waals surface area contributed by atoms with Crippen molar-refractivity contribution in [3.8, 4) is 0 Å². The molecule has 2 aromatic rings. The van der Waals surface area contributed by atoms with Gasteiger partial charge in [-0.2, -0.15) is 5.10 Å². The van der Waals surface area contributed by atoms with E-state index in [4.69, 9.17) is 11.6 Å². The maximum atomic E-state index is 12.0. The number of nitrogens with zero attached hydrogens (tertiary/aromatic N) is 2. The van der Waals surface area contributed by atoms with Crippen molar-refractivity contribution >= 4 is 67.0 Å². The Balaban J connectivity index is 1.86. The lowest BCUT2D eigenvalue weighted by Crippen LogP contribution is -2.26. The Bertz CT molecular complexity index is 785. The van der Waals surface area contributed by atoms with Crippen molar-refractivity contribution in [1.29, 1.82) is 0 Å².